The number of halogens is 1. The fourth-order valence-electron chi connectivity index (χ4n) is 1.63. The van der Waals surface area contributed by atoms with E-state index in [4.69, 9.17) is 5.73 Å². The number of benzene rings is 1. The molecule has 6 heteroatoms. The van der Waals surface area contributed by atoms with Crippen molar-refractivity contribution in [1.82, 2.24) is 5.06 Å². The molecule has 0 aliphatic heterocycles. The molecular formula is C13H13FN2O2S. The highest BCUT2D eigenvalue weighted by atomic mass is 32.1. The average molecular weight is 280 g/mol. The van der Waals surface area contributed by atoms with Crippen molar-refractivity contribution in [2.45, 2.75) is 13.0 Å². The molecule has 1 aromatic carbocycles. The first kappa shape index (κ1) is 13.5. The summed E-state index contributed by atoms with van der Waals surface area (Å²) < 4.78 is 12.8. The van der Waals surface area contributed by atoms with Crippen LogP contribution in [0.15, 0.2) is 36.4 Å². The van der Waals surface area contributed by atoms with Crippen LogP contribution in [0.5, 0.6) is 0 Å². The van der Waals surface area contributed by atoms with Crippen LogP contribution in [0.25, 0.3) is 0 Å². The molecule has 1 heterocycles. The van der Waals surface area contributed by atoms with Crippen LogP contribution in [0.4, 0.5) is 9.18 Å². The summed E-state index contributed by atoms with van der Waals surface area (Å²) in [7, 11) is 0. The van der Waals surface area contributed by atoms with Gasteiger partial charge in [0.1, 0.15) is 5.82 Å². The van der Waals surface area contributed by atoms with E-state index in [1.54, 1.807) is 12.1 Å². The number of amides is 2. The zero-order valence-corrected chi connectivity index (χ0v) is 10.9. The van der Waals surface area contributed by atoms with Gasteiger partial charge in [-0.3, -0.25) is 5.21 Å². The van der Waals surface area contributed by atoms with Gasteiger partial charge in [-0.25, -0.2) is 14.2 Å². The van der Waals surface area contributed by atoms with Crippen molar-refractivity contribution in [2.75, 3.05) is 0 Å². The maximum Gasteiger partial charge on any atom is 0.338 e. The predicted octanol–water partition coefficient (Wildman–Crippen LogP) is 2.75. The number of carbonyl (C=O) groups is 1. The molecule has 19 heavy (non-hydrogen) atoms. The summed E-state index contributed by atoms with van der Waals surface area (Å²) in [6.07, 6.45) is 0.687. The lowest BCUT2D eigenvalue weighted by molar-refractivity contribution is -0.0462. The Balaban J connectivity index is 2.01. The van der Waals surface area contributed by atoms with Crippen LogP contribution in [-0.4, -0.2) is 16.3 Å². The number of hydrogen-bond donors (Lipinski definition) is 2. The first-order chi connectivity index (χ1) is 9.04. The zero-order valence-electron chi connectivity index (χ0n) is 10.0. The maximum absolute atomic E-state index is 12.8. The van der Waals surface area contributed by atoms with Crippen LogP contribution in [0.1, 0.15) is 15.3 Å². The lowest BCUT2D eigenvalue weighted by atomic mass is 10.1. The van der Waals surface area contributed by atoms with Crippen molar-refractivity contribution in [3.8, 4) is 0 Å². The summed E-state index contributed by atoms with van der Waals surface area (Å²) in [6.45, 7) is 0.0728. The van der Waals surface area contributed by atoms with Crippen molar-refractivity contribution in [2.24, 2.45) is 5.73 Å². The minimum absolute atomic E-state index is 0.0728. The molecule has 2 aromatic rings. The van der Waals surface area contributed by atoms with Gasteiger partial charge in [-0.15, -0.1) is 11.3 Å². The van der Waals surface area contributed by atoms with E-state index >= 15 is 0 Å². The normalized spacial score (nSPS) is 10.4. The van der Waals surface area contributed by atoms with Gasteiger partial charge in [-0.1, -0.05) is 12.1 Å². The van der Waals surface area contributed by atoms with Crippen LogP contribution < -0.4 is 5.73 Å². The van der Waals surface area contributed by atoms with E-state index in [1.165, 1.54) is 23.5 Å². The summed E-state index contributed by atoms with van der Waals surface area (Å²) in [5.41, 5.74) is 5.94. The van der Waals surface area contributed by atoms with Crippen molar-refractivity contribution in [1.29, 1.82) is 0 Å². The van der Waals surface area contributed by atoms with Crippen LogP contribution in [0.3, 0.4) is 0 Å². The van der Waals surface area contributed by atoms with Gasteiger partial charge < -0.3 is 5.73 Å². The molecule has 2 rings (SSSR count). The third-order valence-electron chi connectivity index (χ3n) is 2.57. The molecule has 4 nitrogen and oxygen atoms in total. The van der Waals surface area contributed by atoms with Gasteiger partial charge in [0.15, 0.2) is 0 Å². The summed E-state index contributed by atoms with van der Waals surface area (Å²) in [5.74, 6) is -0.256. The van der Waals surface area contributed by atoms with Gasteiger partial charge in [0.05, 0.1) is 6.54 Å². The van der Waals surface area contributed by atoms with Gasteiger partial charge in [-0.05, 0) is 29.8 Å². The van der Waals surface area contributed by atoms with Crippen LogP contribution in [0.2, 0.25) is 0 Å². The molecule has 0 saturated carbocycles. The molecule has 0 aliphatic rings. The molecule has 0 atom stereocenters. The highest BCUT2D eigenvalue weighted by Gasteiger charge is 2.09. The number of carbonyl (C=O) groups excluding carboxylic acids is 1. The SMILES string of the molecule is NC(=O)N(O)Cc1ccc(Cc2ccc(F)cc2)s1. The fourth-order valence-corrected chi connectivity index (χ4v) is 2.67. The molecule has 0 radical (unpaired) electrons. The largest absolute Gasteiger partial charge is 0.350 e. The lowest BCUT2D eigenvalue weighted by Gasteiger charge is -2.09. The summed E-state index contributed by atoms with van der Waals surface area (Å²) in [5, 5.41) is 9.70. The Morgan fingerprint density at radius 1 is 1.21 bits per heavy atom. The third kappa shape index (κ3) is 3.77. The van der Waals surface area contributed by atoms with Gasteiger partial charge in [0.2, 0.25) is 0 Å². The molecule has 0 unspecified atom stereocenters. The Morgan fingerprint density at radius 2 is 1.84 bits per heavy atom. The van der Waals surface area contributed by atoms with E-state index in [1.807, 2.05) is 12.1 Å². The van der Waals surface area contributed by atoms with E-state index in [2.05, 4.69) is 0 Å². The highest BCUT2D eigenvalue weighted by Crippen LogP contribution is 2.21. The van der Waals surface area contributed by atoms with Crippen LogP contribution in [0, 0.1) is 5.82 Å². The third-order valence-corrected chi connectivity index (χ3v) is 3.64. The lowest BCUT2D eigenvalue weighted by Crippen LogP contribution is -2.31. The number of primary amides is 1. The summed E-state index contributed by atoms with van der Waals surface area (Å²) in [4.78, 5) is 12.6. The highest BCUT2D eigenvalue weighted by molar-refractivity contribution is 7.12. The molecule has 3 N–H and O–H groups in total. The molecule has 0 saturated heterocycles. The topological polar surface area (TPSA) is 66.6 Å². The van der Waals surface area contributed by atoms with Gasteiger partial charge in [0.25, 0.3) is 0 Å². The maximum atomic E-state index is 12.8. The number of hydroxylamine groups is 2. The number of thiophene rings is 1. The van der Waals surface area contributed by atoms with Crippen molar-refractivity contribution >= 4 is 17.4 Å². The van der Waals surface area contributed by atoms with Crippen molar-refractivity contribution < 1.29 is 14.4 Å². The molecule has 0 spiro atoms. The van der Waals surface area contributed by atoms with Gasteiger partial charge >= 0.3 is 6.03 Å². The molecule has 1 aromatic heterocycles. The van der Waals surface area contributed by atoms with Crippen LogP contribution >= 0.6 is 11.3 Å². The zero-order chi connectivity index (χ0) is 13.8. The number of nitrogens with two attached hydrogens (primary N) is 1. The first-order valence-corrected chi connectivity index (χ1v) is 6.44. The minimum Gasteiger partial charge on any atom is -0.350 e. The van der Waals surface area contributed by atoms with E-state index in [-0.39, 0.29) is 12.4 Å². The van der Waals surface area contributed by atoms with Gasteiger partial charge in [-0.2, -0.15) is 0 Å². The van der Waals surface area contributed by atoms with Crippen molar-refractivity contribution in [3.63, 3.8) is 0 Å². The second kappa shape index (κ2) is 5.81. The Morgan fingerprint density at radius 3 is 2.47 bits per heavy atom. The predicted molar refractivity (Wildman–Crippen MR) is 70.4 cm³/mol. The quantitative estimate of drug-likeness (QED) is 0.668. The Kier molecular flexibility index (Phi) is 4.13. The van der Waals surface area contributed by atoms with Crippen LogP contribution in [-0.2, 0) is 13.0 Å². The Hall–Kier alpha value is -1.92. The van der Waals surface area contributed by atoms with E-state index in [0.29, 0.717) is 11.5 Å². The monoisotopic (exact) mass is 280 g/mol. The molecule has 2 amide bonds. The minimum atomic E-state index is -0.881. The molecule has 0 fully saturated rings. The molecule has 0 aliphatic carbocycles. The second-order valence-corrected chi connectivity index (χ2v) is 5.32. The second-order valence-electron chi connectivity index (χ2n) is 4.07. The number of urea groups is 1. The standard InChI is InChI=1S/C13H13FN2O2S/c14-10-3-1-9(2-4-10)7-11-5-6-12(19-11)8-16(18)13(15)17/h1-6,18H,7-8H2,(H2,15,17). The molecule has 0 bridgehead atoms. The smallest absolute Gasteiger partial charge is 0.338 e. The van der Waals surface area contributed by atoms with E-state index < -0.39 is 6.03 Å². The van der Waals surface area contributed by atoms with Gasteiger partial charge in [0, 0.05) is 16.2 Å². The summed E-state index contributed by atoms with van der Waals surface area (Å²) in [6, 6.07) is 9.17. The Labute approximate surface area is 113 Å². The summed E-state index contributed by atoms with van der Waals surface area (Å²) >= 11 is 1.47. The first-order valence-electron chi connectivity index (χ1n) is 5.62. The molecular weight excluding hydrogens is 267 g/mol. The van der Waals surface area contributed by atoms with E-state index in [0.717, 1.165) is 15.3 Å². The van der Waals surface area contributed by atoms with Crippen molar-refractivity contribution in [3.05, 3.63) is 57.5 Å². The molecule has 100 valence electrons. The van der Waals surface area contributed by atoms with E-state index in [9.17, 15) is 14.4 Å². The Bertz CT molecular complexity index is 568. The fraction of sp³-hybridized carbons (Fsp3) is 0.154. The number of nitrogens with zero attached hydrogens (tertiary/aromatic N) is 1. The number of rotatable bonds is 4. The average Bonchev–Trinajstić information content (AvgIpc) is 2.79. The number of hydrogen-bond acceptors (Lipinski definition) is 3.